The fraction of sp³-hybridized carbons (Fsp3) is 0.278. The summed E-state index contributed by atoms with van der Waals surface area (Å²) in [6.07, 6.45) is -4.40. The molecule has 2 aromatic heterocycles. The number of alkyl halides is 3. The molecule has 0 radical (unpaired) electrons. The molecule has 0 aliphatic rings. The van der Waals surface area contributed by atoms with Crippen molar-refractivity contribution in [3.8, 4) is 11.3 Å². The van der Waals surface area contributed by atoms with Gasteiger partial charge >= 0.3 is 12.1 Å². The Labute approximate surface area is 157 Å². The summed E-state index contributed by atoms with van der Waals surface area (Å²) in [5.74, 6) is -0.497. The van der Waals surface area contributed by atoms with E-state index in [4.69, 9.17) is 4.74 Å². The molecule has 0 saturated heterocycles. The summed E-state index contributed by atoms with van der Waals surface area (Å²) in [7, 11) is 0. The van der Waals surface area contributed by atoms with Crippen LogP contribution in [0.1, 0.15) is 33.7 Å². The number of rotatable bonds is 5. The Kier molecular flexibility index (Phi) is 5.31. The van der Waals surface area contributed by atoms with Crippen LogP contribution in [-0.2, 0) is 17.5 Å². The first-order valence-corrected chi connectivity index (χ1v) is 8.99. The second-order valence-electron chi connectivity index (χ2n) is 5.75. The van der Waals surface area contributed by atoms with E-state index in [1.807, 2.05) is 0 Å². The number of hydrogen-bond acceptors (Lipinski definition) is 5. The van der Waals surface area contributed by atoms with Crippen LogP contribution in [0.3, 0.4) is 0 Å². The van der Waals surface area contributed by atoms with E-state index in [9.17, 15) is 18.0 Å². The van der Waals surface area contributed by atoms with Gasteiger partial charge in [0.1, 0.15) is 5.01 Å². The number of carbonyl (C=O) groups excluding carboxylic acids is 1. The molecule has 0 fully saturated rings. The molecule has 3 rings (SSSR count). The van der Waals surface area contributed by atoms with Crippen LogP contribution >= 0.6 is 11.3 Å². The van der Waals surface area contributed by atoms with Crippen molar-refractivity contribution in [2.24, 2.45) is 0 Å². The van der Waals surface area contributed by atoms with Crippen molar-refractivity contribution >= 4 is 17.3 Å². The molecule has 3 aromatic rings. The number of esters is 1. The number of thiazole rings is 1. The summed E-state index contributed by atoms with van der Waals surface area (Å²) in [6, 6.07) is 6.68. The largest absolute Gasteiger partial charge is 0.461 e. The van der Waals surface area contributed by atoms with Crippen LogP contribution in [0, 0.1) is 6.92 Å². The van der Waals surface area contributed by atoms with Gasteiger partial charge in [-0.2, -0.15) is 18.3 Å². The number of nitrogens with zero attached hydrogens (tertiary/aromatic N) is 3. The molecule has 142 valence electrons. The SMILES string of the molecule is CCOC(=O)c1cc(C)n(Cc2nc(-c3cccc(C(F)(F)F)c3)cs2)n1. The van der Waals surface area contributed by atoms with Gasteiger partial charge in [-0.25, -0.2) is 9.78 Å². The van der Waals surface area contributed by atoms with Crippen LogP contribution in [0.15, 0.2) is 35.7 Å². The maximum Gasteiger partial charge on any atom is 0.416 e. The van der Waals surface area contributed by atoms with E-state index in [2.05, 4.69) is 10.1 Å². The van der Waals surface area contributed by atoms with Gasteiger partial charge < -0.3 is 4.74 Å². The molecular formula is C18H16F3N3O2S. The molecule has 0 spiro atoms. The normalized spacial score (nSPS) is 11.6. The third kappa shape index (κ3) is 4.36. The van der Waals surface area contributed by atoms with Crippen molar-refractivity contribution in [1.82, 2.24) is 14.8 Å². The Morgan fingerprint density at radius 1 is 1.30 bits per heavy atom. The first-order valence-electron chi connectivity index (χ1n) is 8.11. The van der Waals surface area contributed by atoms with E-state index in [0.717, 1.165) is 17.8 Å². The van der Waals surface area contributed by atoms with Gasteiger partial charge in [-0.15, -0.1) is 11.3 Å². The standard InChI is InChI=1S/C18H16F3N3O2S/c1-3-26-17(25)14-7-11(2)24(23-14)9-16-22-15(10-27-16)12-5-4-6-13(8-12)18(19,20)21/h4-8,10H,3,9H2,1-2H3. The van der Waals surface area contributed by atoms with Gasteiger partial charge in [-0.05, 0) is 32.0 Å². The molecule has 9 heteroatoms. The molecule has 5 nitrogen and oxygen atoms in total. The summed E-state index contributed by atoms with van der Waals surface area (Å²) >= 11 is 1.32. The summed E-state index contributed by atoms with van der Waals surface area (Å²) in [6.45, 7) is 4.09. The lowest BCUT2D eigenvalue weighted by molar-refractivity contribution is -0.137. The van der Waals surface area contributed by atoms with Gasteiger partial charge in [0, 0.05) is 16.6 Å². The minimum atomic E-state index is -4.40. The average Bonchev–Trinajstić information content (AvgIpc) is 3.22. The first-order chi connectivity index (χ1) is 12.8. The fourth-order valence-corrected chi connectivity index (χ4v) is 3.26. The molecule has 0 unspecified atom stereocenters. The highest BCUT2D eigenvalue weighted by atomic mass is 32.1. The Bertz CT molecular complexity index is 963. The summed E-state index contributed by atoms with van der Waals surface area (Å²) in [5.41, 5.74) is 1.13. The Morgan fingerprint density at radius 2 is 2.07 bits per heavy atom. The Balaban J connectivity index is 1.80. The van der Waals surface area contributed by atoms with Crippen molar-refractivity contribution in [2.75, 3.05) is 6.61 Å². The summed E-state index contributed by atoms with van der Waals surface area (Å²) < 4.78 is 45.2. The highest BCUT2D eigenvalue weighted by Gasteiger charge is 2.30. The number of hydrogen-bond donors (Lipinski definition) is 0. The van der Waals surface area contributed by atoms with Crippen LogP contribution in [0.4, 0.5) is 13.2 Å². The minimum absolute atomic E-state index is 0.212. The maximum absolute atomic E-state index is 12.9. The van der Waals surface area contributed by atoms with Crippen LogP contribution in [0.2, 0.25) is 0 Å². The number of halogens is 3. The molecule has 0 aliphatic heterocycles. The first kappa shape index (κ1) is 19.1. The number of aryl methyl sites for hydroxylation is 1. The van der Waals surface area contributed by atoms with Crippen LogP contribution in [0.5, 0.6) is 0 Å². The lowest BCUT2D eigenvalue weighted by Crippen LogP contribution is -2.08. The van der Waals surface area contributed by atoms with Crippen molar-refractivity contribution in [1.29, 1.82) is 0 Å². The fourth-order valence-electron chi connectivity index (χ4n) is 2.47. The predicted molar refractivity (Wildman–Crippen MR) is 94.6 cm³/mol. The highest BCUT2D eigenvalue weighted by molar-refractivity contribution is 7.09. The minimum Gasteiger partial charge on any atom is -0.461 e. The summed E-state index contributed by atoms with van der Waals surface area (Å²) in [5, 5.41) is 6.59. The second-order valence-corrected chi connectivity index (χ2v) is 6.70. The molecule has 0 bridgehead atoms. The van der Waals surface area contributed by atoms with Crippen LogP contribution in [0.25, 0.3) is 11.3 Å². The van der Waals surface area contributed by atoms with Crippen LogP contribution in [-0.4, -0.2) is 27.3 Å². The topological polar surface area (TPSA) is 57.0 Å². The lowest BCUT2D eigenvalue weighted by Gasteiger charge is -2.07. The van der Waals surface area contributed by atoms with E-state index in [1.54, 1.807) is 36.0 Å². The Hall–Kier alpha value is -2.68. The number of benzene rings is 1. The lowest BCUT2D eigenvalue weighted by atomic mass is 10.1. The zero-order chi connectivity index (χ0) is 19.6. The second kappa shape index (κ2) is 7.51. The molecule has 1 aromatic carbocycles. The van der Waals surface area contributed by atoms with Crippen molar-refractivity contribution in [3.63, 3.8) is 0 Å². The van der Waals surface area contributed by atoms with E-state index in [0.29, 0.717) is 22.8 Å². The van der Waals surface area contributed by atoms with Crippen molar-refractivity contribution in [3.05, 3.63) is 57.7 Å². The molecule has 0 amide bonds. The average molecular weight is 395 g/mol. The van der Waals surface area contributed by atoms with Gasteiger partial charge in [-0.3, -0.25) is 4.68 Å². The van der Waals surface area contributed by atoms with E-state index >= 15 is 0 Å². The van der Waals surface area contributed by atoms with Crippen LogP contribution < -0.4 is 0 Å². The van der Waals surface area contributed by atoms with Gasteiger partial charge in [0.2, 0.25) is 0 Å². The zero-order valence-electron chi connectivity index (χ0n) is 14.6. The van der Waals surface area contributed by atoms with Gasteiger partial charge in [0.25, 0.3) is 0 Å². The molecule has 0 saturated carbocycles. The monoisotopic (exact) mass is 395 g/mol. The Morgan fingerprint density at radius 3 is 2.78 bits per heavy atom. The van der Waals surface area contributed by atoms with Crippen molar-refractivity contribution < 1.29 is 22.7 Å². The number of aromatic nitrogens is 3. The summed E-state index contributed by atoms with van der Waals surface area (Å²) in [4.78, 5) is 16.2. The third-order valence-electron chi connectivity index (χ3n) is 3.79. The van der Waals surface area contributed by atoms with Gasteiger partial charge in [0.05, 0.1) is 24.4 Å². The smallest absolute Gasteiger partial charge is 0.416 e. The molecule has 0 N–H and O–H groups in total. The van der Waals surface area contributed by atoms with Gasteiger partial charge in [0.15, 0.2) is 5.69 Å². The number of carbonyl (C=O) groups is 1. The molecule has 2 heterocycles. The molecule has 0 atom stereocenters. The number of ether oxygens (including phenoxy) is 1. The predicted octanol–water partition coefficient (Wildman–Crippen LogP) is 4.56. The van der Waals surface area contributed by atoms with E-state index in [-0.39, 0.29) is 12.3 Å². The molecule has 0 aliphatic carbocycles. The van der Waals surface area contributed by atoms with E-state index in [1.165, 1.54) is 17.4 Å². The molecule has 27 heavy (non-hydrogen) atoms. The van der Waals surface area contributed by atoms with E-state index < -0.39 is 17.7 Å². The maximum atomic E-state index is 12.9. The molecular weight excluding hydrogens is 379 g/mol. The zero-order valence-corrected chi connectivity index (χ0v) is 15.4. The quantitative estimate of drug-likeness (QED) is 0.595. The van der Waals surface area contributed by atoms with Crippen molar-refractivity contribution in [2.45, 2.75) is 26.6 Å². The third-order valence-corrected chi connectivity index (χ3v) is 4.62. The van der Waals surface area contributed by atoms with Gasteiger partial charge in [-0.1, -0.05) is 12.1 Å². The highest BCUT2D eigenvalue weighted by Crippen LogP contribution is 2.32.